The molecule has 1 aliphatic rings. The maximum Gasteiger partial charge on any atom is 0.286 e. The number of halogens is 1. The zero-order valence-corrected chi connectivity index (χ0v) is 14.9. The number of carbonyl (C=O) groups excluding carboxylic acids is 3. The van der Waals surface area contributed by atoms with Gasteiger partial charge in [-0.1, -0.05) is 12.1 Å². The van der Waals surface area contributed by atoms with Crippen molar-refractivity contribution in [2.24, 2.45) is 0 Å². The summed E-state index contributed by atoms with van der Waals surface area (Å²) in [5.74, 6) is -0.731. The van der Waals surface area contributed by atoms with Crippen LogP contribution in [0.4, 0.5) is 0 Å². The van der Waals surface area contributed by atoms with Gasteiger partial charge in [-0.3, -0.25) is 25.2 Å². The van der Waals surface area contributed by atoms with Crippen molar-refractivity contribution in [1.82, 2.24) is 20.7 Å². The summed E-state index contributed by atoms with van der Waals surface area (Å²) in [7, 11) is 0. The van der Waals surface area contributed by atoms with Gasteiger partial charge >= 0.3 is 0 Å². The lowest BCUT2D eigenvalue weighted by atomic mass is 10.1. The first-order chi connectivity index (χ1) is 12.0. The van der Waals surface area contributed by atoms with Gasteiger partial charge in [-0.15, -0.1) is 0 Å². The minimum absolute atomic E-state index is 0.138. The maximum atomic E-state index is 12.2. The Morgan fingerprint density at radius 1 is 1.20 bits per heavy atom. The summed E-state index contributed by atoms with van der Waals surface area (Å²) in [6, 6.07) is 8.61. The molecule has 1 saturated heterocycles. The number of H-pyrrole nitrogens is 1. The van der Waals surface area contributed by atoms with E-state index in [0.717, 1.165) is 23.0 Å². The Labute approximate surface area is 152 Å². The van der Waals surface area contributed by atoms with Crippen LogP contribution in [0.15, 0.2) is 41.0 Å². The molecule has 3 rings (SSSR count). The molecule has 1 aliphatic heterocycles. The largest absolute Gasteiger partial charge is 0.356 e. The van der Waals surface area contributed by atoms with E-state index in [-0.39, 0.29) is 5.91 Å². The Hall–Kier alpha value is -2.61. The van der Waals surface area contributed by atoms with Crippen LogP contribution in [-0.4, -0.2) is 34.2 Å². The first-order valence-corrected chi connectivity index (χ1v) is 8.63. The molecular formula is C17H17BrN4O3. The molecule has 1 fully saturated rings. The average molecular weight is 405 g/mol. The van der Waals surface area contributed by atoms with Crippen LogP contribution < -0.4 is 10.9 Å². The first kappa shape index (κ1) is 17.2. The second-order valence-corrected chi connectivity index (χ2v) is 6.67. The summed E-state index contributed by atoms with van der Waals surface area (Å²) < 4.78 is 0.744. The van der Waals surface area contributed by atoms with Crippen molar-refractivity contribution in [3.8, 4) is 0 Å². The van der Waals surface area contributed by atoms with Crippen molar-refractivity contribution < 1.29 is 14.4 Å². The lowest BCUT2D eigenvalue weighted by Gasteiger charge is -2.16. The Morgan fingerprint density at radius 3 is 2.68 bits per heavy atom. The molecule has 0 unspecified atom stereocenters. The molecule has 25 heavy (non-hydrogen) atoms. The van der Waals surface area contributed by atoms with Crippen molar-refractivity contribution in [1.29, 1.82) is 0 Å². The first-order valence-electron chi connectivity index (χ1n) is 7.84. The van der Waals surface area contributed by atoms with Gasteiger partial charge in [0.15, 0.2) is 0 Å². The van der Waals surface area contributed by atoms with Gasteiger partial charge < -0.3 is 9.88 Å². The number of hydrogen-bond donors (Lipinski definition) is 3. The third-order valence-electron chi connectivity index (χ3n) is 3.92. The second-order valence-electron chi connectivity index (χ2n) is 5.76. The highest BCUT2D eigenvalue weighted by molar-refractivity contribution is 9.10. The molecule has 2 heterocycles. The molecular weight excluding hydrogens is 388 g/mol. The molecule has 3 N–H and O–H groups in total. The molecule has 0 radical (unpaired) electrons. The van der Waals surface area contributed by atoms with E-state index in [9.17, 15) is 14.4 Å². The molecule has 0 saturated carbocycles. The highest BCUT2D eigenvalue weighted by atomic mass is 79.9. The van der Waals surface area contributed by atoms with E-state index in [1.165, 1.54) is 0 Å². The summed E-state index contributed by atoms with van der Waals surface area (Å²) in [6.45, 7) is 1.24. The SMILES string of the molecule is O=C(NNC(=O)c1cc(Br)c[nH]1)c1cccc(CN2CCCC2=O)c1. The van der Waals surface area contributed by atoms with Crippen molar-refractivity contribution in [3.05, 3.63) is 57.8 Å². The Morgan fingerprint density at radius 2 is 2.00 bits per heavy atom. The summed E-state index contributed by atoms with van der Waals surface area (Å²) in [5, 5.41) is 0. The number of hydrogen-bond acceptors (Lipinski definition) is 3. The third-order valence-corrected chi connectivity index (χ3v) is 4.37. The highest BCUT2D eigenvalue weighted by Crippen LogP contribution is 2.15. The Kier molecular flexibility index (Phi) is 5.18. The van der Waals surface area contributed by atoms with Gasteiger partial charge in [0.25, 0.3) is 11.8 Å². The highest BCUT2D eigenvalue weighted by Gasteiger charge is 2.20. The van der Waals surface area contributed by atoms with E-state index in [1.54, 1.807) is 35.4 Å². The van der Waals surface area contributed by atoms with Crippen LogP contribution in [0.3, 0.4) is 0 Å². The van der Waals surface area contributed by atoms with Crippen molar-refractivity contribution in [3.63, 3.8) is 0 Å². The summed E-state index contributed by atoms with van der Waals surface area (Å²) >= 11 is 3.24. The van der Waals surface area contributed by atoms with Crippen LogP contribution in [0.1, 0.15) is 39.3 Å². The van der Waals surface area contributed by atoms with E-state index in [1.807, 2.05) is 6.07 Å². The molecule has 3 amide bonds. The smallest absolute Gasteiger partial charge is 0.286 e. The zero-order valence-electron chi connectivity index (χ0n) is 13.3. The van der Waals surface area contributed by atoms with E-state index in [0.29, 0.717) is 24.2 Å². The minimum atomic E-state index is -0.446. The fourth-order valence-corrected chi connectivity index (χ4v) is 3.00. The van der Waals surface area contributed by atoms with Crippen LogP contribution >= 0.6 is 15.9 Å². The van der Waals surface area contributed by atoms with Gasteiger partial charge in [0.05, 0.1) is 0 Å². The maximum absolute atomic E-state index is 12.2. The Bertz CT molecular complexity index is 818. The van der Waals surface area contributed by atoms with Crippen LogP contribution in [-0.2, 0) is 11.3 Å². The zero-order chi connectivity index (χ0) is 17.8. The lowest BCUT2D eigenvalue weighted by Crippen LogP contribution is -2.41. The number of hydrazine groups is 1. The third kappa shape index (κ3) is 4.27. The fraction of sp³-hybridized carbons (Fsp3) is 0.235. The van der Waals surface area contributed by atoms with Gasteiger partial charge in [0.2, 0.25) is 5.91 Å². The molecule has 1 aromatic heterocycles. The van der Waals surface area contributed by atoms with E-state index in [4.69, 9.17) is 0 Å². The number of rotatable bonds is 4. The summed E-state index contributed by atoms with van der Waals surface area (Å²) in [5.41, 5.74) is 6.36. The van der Waals surface area contributed by atoms with Crippen LogP contribution in [0.2, 0.25) is 0 Å². The summed E-state index contributed by atoms with van der Waals surface area (Å²) in [6.07, 6.45) is 3.08. The molecule has 0 aliphatic carbocycles. The molecule has 0 atom stereocenters. The molecule has 1 aromatic carbocycles. The van der Waals surface area contributed by atoms with E-state index < -0.39 is 11.8 Å². The number of carbonyl (C=O) groups is 3. The number of likely N-dealkylation sites (tertiary alicyclic amines) is 1. The van der Waals surface area contributed by atoms with Gasteiger partial charge in [-0.25, -0.2) is 0 Å². The topological polar surface area (TPSA) is 94.3 Å². The predicted octanol–water partition coefficient (Wildman–Crippen LogP) is 1.97. The number of nitrogens with zero attached hydrogens (tertiary/aromatic N) is 1. The lowest BCUT2D eigenvalue weighted by molar-refractivity contribution is -0.128. The number of benzene rings is 1. The minimum Gasteiger partial charge on any atom is -0.356 e. The Balaban J connectivity index is 1.59. The number of aromatic amines is 1. The van der Waals surface area contributed by atoms with E-state index in [2.05, 4.69) is 31.8 Å². The van der Waals surface area contributed by atoms with Crippen LogP contribution in [0.25, 0.3) is 0 Å². The molecule has 0 bridgehead atoms. The normalized spacial score (nSPS) is 13.8. The monoisotopic (exact) mass is 404 g/mol. The fourth-order valence-electron chi connectivity index (χ4n) is 2.65. The predicted molar refractivity (Wildman–Crippen MR) is 94.5 cm³/mol. The van der Waals surface area contributed by atoms with E-state index >= 15 is 0 Å². The molecule has 130 valence electrons. The number of aromatic nitrogens is 1. The summed E-state index contributed by atoms with van der Waals surface area (Å²) in [4.78, 5) is 40.4. The quantitative estimate of drug-likeness (QED) is 0.679. The molecule has 2 aromatic rings. The van der Waals surface area contributed by atoms with Gasteiger partial charge in [0.1, 0.15) is 5.69 Å². The molecule has 7 nitrogen and oxygen atoms in total. The van der Waals surface area contributed by atoms with Crippen molar-refractivity contribution in [2.45, 2.75) is 19.4 Å². The van der Waals surface area contributed by atoms with Crippen molar-refractivity contribution >= 4 is 33.7 Å². The van der Waals surface area contributed by atoms with Crippen molar-refractivity contribution in [2.75, 3.05) is 6.54 Å². The number of amides is 3. The van der Waals surface area contributed by atoms with Crippen LogP contribution in [0.5, 0.6) is 0 Å². The molecule has 8 heteroatoms. The van der Waals surface area contributed by atoms with Gasteiger partial charge in [-0.2, -0.15) is 0 Å². The van der Waals surface area contributed by atoms with Crippen LogP contribution in [0, 0.1) is 0 Å². The molecule has 0 spiro atoms. The van der Waals surface area contributed by atoms with Gasteiger partial charge in [-0.05, 0) is 46.1 Å². The standard InChI is InChI=1S/C17H17BrN4O3/c18-13-8-14(19-9-13)17(25)21-20-16(24)12-4-1-3-11(7-12)10-22-6-2-5-15(22)23/h1,3-4,7-9,19H,2,5-6,10H2,(H,20,24)(H,21,25). The second kappa shape index (κ2) is 7.52. The average Bonchev–Trinajstić information content (AvgIpc) is 3.21. The number of nitrogens with one attached hydrogen (secondary N) is 3. The van der Waals surface area contributed by atoms with Gasteiger partial charge in [0, 0.05) is 35.7 Å².